The van der Waals surface area contributed by atoms with Gasteiger partial charge in [0.05, 0.1) is 11.9 Å². The lowest BCUT2D eigenvalue weighted by Crippen LogP contribution is -2.51. The van der Waals surface area contributed by atoms with Crippen LogP contribution in [0.1, 0.15) is 44.7 Å². The Morgan fingerprint density at radius 2 is 1.78 bits per heavy atom. The molecule has 6 heteroatoms. The molecule has 5 nitrogen and oxygen atoms in total. The Hall–Kier alpha value is -1.56. The van der Waals surface area contributed by atoms with Crippen LogP contribution in [0.4, 0.5) is 5.69 Å². The van der Waals surface area contributed by atoms with E-state index in [9.17, 15) is 13.2 Å². The standard InChI is InChI=1S/C17H28N2O3S/c1-7-14(5)18-17(20)16(8-2)19(23(6,21)22)15-10-9-12(3)13(4)11-15/h9-11,14,16H,7-8H2,1-6H3,(H,18,20). The maximum absolute atomic E-state index is 12.5. The number of aryl methyl sites for hydroxylation is 2. The highest BCUT2D eigenvalue weighted by Crippen LogP contribution is 2.25. The number of carbonyl (C=O) groups excluding carboxylic acids is 1. The highest BCUT2D eigenvalue weighted by atomic mass is 32.2. The van der Waals surface area contributed by atoms with Crippen molar-refractivity contribution in [3.8, 4) is 0 Å². The van der Waals surface area contributed by atoms with Crippen LogP contribution in [0.15, 0.2) is 18.2 Å². The molecule has 0 aliphatic heterocycles. The van der Waals surface area contributed by atoms with Crippen molar-refractivity contribution in [1.29, 1.82) is 0 Å². The van der Waals surface area contributed by atoms with Gasteiger partial charge in [-0.3, -0.25) is 9.10 Å². The molecule has 0 heterocycles. The molecule has 0 fully saturated rings. The topological polar surface area (TPSA) is 66.5 Å². The van der Waals surface area contributed by atoms with Crippen LogP contribution in [-0.2, 0) is 14.8 Å². The summed E-state index contributed by atoms with van der Waals surface area (Å²) in [5.74, 6) is -0.259. The Bertz CT molecular complexity index is 656. The molecule has 2 unspecified atom stereocenters. The van der Waals surface area contributed by atoms with Crippen LogP contribution in [0, 0.1) is 13.8 Å². The van der Waals surface area contributed by atoms with Crippen molar-refractivity contribution in [3.05, 3.63) is 29.3 Å². The Morgan fingerprint density at radius 1 is 1.17 bits per heavy atom. The molecule has 0 aromatic heterocycles. The second kappa shape index (κ2) is 7.81. The molecule has 0 bridgehead atoms. The van der Waals surface area contributed by atoms with Crippen LogP contribution in [0.25, 0.3) is 0 Å². The molecule has 0 saturated heterocycles. The summed E-state index contributed by atoms with van der Waals surface area (Å²) in [5.41, 5.74) is 2.61. The zero-order valence-electron chi connectivity index (χ0n) is 14.9. The average molecular weight is 340 g/mol. The van der Waals surface area contributed by atoms with E-state index in [0.29, 0.717) is 12.1 Å². The van der Waals surface area contributed by atoms with E-state index in [1.807, 2.05) is 46.8 Å². The van der Waals surface area contributed by atoms with Gasteiger partial charge in [-0.05, 0) is 56.9 Å². The van der Waals surface area contributed by atoms with Crippen molar-refractivity contribution in [2.45, 2.75) is 59.5 Å². The minimum atomic E-state index is -3.57. The molecular formula is C17H28N2O3S. The van der Waals surface area contributed by atoms with E-state index in [1.165, 1.54) is 4.31 Å². The van der Waals surface area contributed by atoms with Crippen molar-refractivity contribution in [2.24, 2.45) is 0 Å². The number of nitrogens with zero attached hydrogens (tertiary/aromatic N) is 1. The molecule has 0 saturated carbocycles. The van der Waals surface area contributed by atoms with E-state index in [2.05, 4.69) is 5.32 Å². The number of nitrogens with one attached hydrogen (secondary N) is 1. The number of hydrogen-bond acceptors (Lipinski definition) is 3. The largest absolute Gasteiger partial charge is 0.352 e. The number of carbonyl (C=O) groups is 1. The normalized spacial score (nSPS) is 14.2. The summed E-state index contributed by atoms with van der Waals surface area (Å²) in [7, 11) is -3.57. The predicted octanol–water partition coefficient (Wildman–Crippen LogP) is 2.76. The third-order valence-electron chi connectivity index (χ3n) is 4.08. The molecule has 23 heavy (non-hydrogen) atoms. The zero-order valence-corrected chi connectivity index (χ0v) is 15.7. The van der Waals surface area contributed by atoms with Crippen molar-refractivity contribution < 1.29 is 13.2 Å². The molecule has 1 N–H and O–H groups in total. The average Bonchev–Trinajstić information content (AvgIpc) is 2.46. The Kier molecular flexibility index (Phi) is 6.62. The molecule has 0 spiro atoms. The molecule has 1 amide bonds. The first-order valence-corrected chi connectivity index (χ1v) is 9.83. The first-order valence-electron chi connectivity index (χ1n) is 7.98. The van der Waals surface area contributed by atoms with E-state index in [0.717, 1.165) is 23.8 Å². The lowest BCUT2D eigenvalue weighted by molar-refractivity contribution is -0.122. The predicted molar refractivity (Wildman–Crippen MR) is 95.2 cm³/mol. The second-order valence-corrected chi connectivity index (χ2v) is 7.93. The summed E-state index contributed by atoms with van der Waals surface area (Å²) in [6.07, 6.45) is 2.34. The van der Waals surface area contributed by atoms with E-state index in [4.69, 9.17) is 0 Å². The Morgan fingerprint density at radius 3 is 2.22 bits per heavy atom. The summed E-state index contributed by atoms with van der Waals surface area (Å²) >= 11 is 0. The fraction of sp³-hybridized carbons (Fsp3) is 0.588. The SMILES string of the molecule is CCC(C)NC(=O)C(CC)N(c1ccc(C)c(C)c1)S(C)(=O)=O. The number of amides is 1. The number of hydrogen-bond donors (Lipinski definition) is 1. The molecule has 1 aromatic rings. The Balaban J connectivity index is 3.28. The molecule has 0 aliphatic rings. The Labute approximate surface area is 140 Å². The van der Waals surface area contributed by atoms with Gasteiger partial charge in [0.15, 0.2) is 0 Å². The van der Waals surface area contributed by atoms with Gasteiger partial charge in [-0.15, -0.1) is 0 Å². The number of benzene rings is 1. The minimum absolute atomic E-state index is 0.0118. The summed E-state index contributed by atoms with van der Waals surface area (Å²) in [6.45, 7) is 9.60. The van der Waals surface area contributed by atoms with Crippen molar-refractivity contribution in [2.75, 3.05) is 10.6 Å². The number of anilines is 1. The molecule has 0 radical (unpaired) electrons. The summed E-state index contributed by atoms with van der Waals surface area (Å²) in [4.78, 5) is 12.5. The smallest absolute Gasteiger partial charge is 0.244 e. The number of sulfonamides is 1. The molecular weight excluding hydrogens is 312 g/mol. The number of rotatable bonds is 7. The third kappa shape index (κ3) is 4.96. The highest BCUT2D eigenvalue weighted by molar-refractivity contribution is 7.92. The van der Waals surface area contributed by atoms with Crippen LogP contribution in [0.2, 0.25) is 0 Å². The quantitative estimate of drug-likeness (QED) is 0.830. The van der Waals surface area contributed by atoms with E-state index in [1.54, 1.807) is 6.07 Å². The maximum atomic E-state index is 12.5. The van der Waals surface area contributed by atoms with Crippen LogP contribution in [0.5, 0.6) is 0 Å². The second-order valence-electron chi connectivity index (χ2n) is 6.07. The first-order chi connectivity index (χ1) is 10.6. The van der Waals surface area contributed by atoms with Crippen molar-refractivity contribution in [1.82, 2.24) is 5.32 Å². The zero-order chi connectivity index (χ0) is 17.8. The molecule has 2 atom stereocenters. The van der Waals surface area contributed by atoms with Crippen LogP contribution < -0.4 is 9.62 Å². The van der Waals surface area contributed by atoms with Gasteiger partial charge in [-0.1, -0.05) is 19.9 Å². The monoisotopic (exact) mass is 340 g/mol. The maximum Gasteiger partial charge on any atom is 0.244 e. The van der Waals surface area contributed by atoms with E-state index in [-0.39, 0.29) is 11.9 Å². The fourth-order valence-corrected chi connectivity index (χ4v) is 3.57. The van der Waals surface area contributed by atoms with Gasteiger partial charge in [0.1, 0.15) is 6.04 Å². The molecule has 130 valence electrons. The van der Waals surface area contributed by atoms with Crippen LogP contribution >= 0.6 is 0 Å². The van der Waals surface area contributed by atoms with E-state index < -0.39 is 16.1 Å². The van der Waals surface area contributed by atoms with Gasteiger partial charge in [0.2, 0.25) is 15.9 Å². The summed E-state index contributed by atoms with van der Waals surface area (Å²) in [5, 5.41) is 2.88. The molecule has 1 aromatic carbocycles. The molecule has 1 rings (SSSR count). The van der Waals surface area contributed by atoms with Crippen LogP contribution in [-0.4, -0.2) is 32.7 Å². The lowest BCUT2D eigenvalue weighted by atomic mass is 10.1. The fourth-order valence-electron chi connectivity index (χ4n) is 2.36. The van der Waals surface area contributed by atoms with Gasteiger partial charge in [0, 0.05) is 6.04 Å². The van der Waals surface area contributed by atoms with Crippen molar-refractivity contribution >= 4 is 21.6 Å². The summed E-state index contributed by atoms with van der Waals surface area (Å²) in [6, 6.07) is 4.71. The van der Waals surface area contributed by atoms with E-state index >= 15 is 0 Å². The minimum Gasteiger partial charge on any atom is -0.352 e. The van der Waals surface area contributed by atoms with Gasteiger partial charge >= 0.3 is 0 Å². The first kappa shape index (κ1) is 19.5. The van der Waals surface area contributed by atoms with Crippen LogP contribution in [0.3, 0.4) is 0 Å². The summed E-state index contributed by atoms with van der Waals surface area (Å²) < 4.78 is 25.9. The lowest BCUT2D eigenvalue weighted by Gasteiger charge is -2.31. The van der Waals surface area contributed by atoms with Crippen molar-refractivity contribution in [3.63, 3.8) is 0 Å². The molecule has 0 aliphatic carbocycles. The van der Waals surface area contributed by atoms with Gasteiger partial charge in [-0.2, -0.15) is 0 Å². The van der Waals surface area contributed by atoms with Gasteiger partial charge in [0.25, 0.3) is 0 Å². The third-order valence-corrected chi connectivity index (χ3v) is 5.26. The van der Waals surface area contributed by atoms with Gasteiger partial charge < -0.3 is 5.32 Å². The highest BCUT2D eigenvalue weighted by Gasteiger charge is 2.31. The van der Waals surface area contributed by atoms with Gasteiger partial charge in [-0.25, -0.2) is 8.42 Å².